The van der Waals surface area contributed by atoms with Gasteiger partial charge < -0.3 is 50.1 Å². The molecule has 318 valence electrons. The summed E-state index contributed by atoms with van der Waals surface area (Å²) < 4.78 is 10.4. The van der Waals surface area contributed by atoms with Crippen LogP contribution in [0.2, 0.25) is 0 Å². The van der Waals surface area contributed by atoms with Gasteiger partial charge in [0.1, 0.15) is 5.92 Å². The molecule has 60 heavy (non-hydrogen) atoms. The van der Waals surface area contributed by atoms with Crippen LogP contribution in [0.3, 0.4) is 0 Å². The van der Waals surface area contributed by atoms with Crippen molar-refractivity contribution in [1.29, 1.82) is 0 Å². The fourth-order valence-electron chi connectivity index (χ4n) is 9.53. The number of aryl methyl sites for hydroxylation is 1. The molecule has 4 aliphatic rings. The van der Waals surface area contributed by atoms with Crippen molar-refractivity contribution in [3.05, 3.63) is 93.2 Å². The maximum absolute atomic E-state index is 13.8. The Morgan fingerprint density at radius 3 is 2.05 bits per heavy atom. The highest BCUT2D eigenvalue weighted by atomic mass is 16.5. The zero-order valence-corrected chi connectivity index (χ0v) is 34.3. The van der Waals surface area contributed by atoms with Gasteiger partial charge in [0.15, 0.2) is 12.2 Å². The highest BCUT2D eigenvalue weighted by molar-refractivity contribution is 6.01. The van der Waals surface area contributed by atoms with E-state index in [0.717, 1.165) is 5.56 Å². The van der Waals surface area contributed by atoms with Crippen molar-refractivity contribution in [3.63, 3.8) is 0 Å². The van der Waals surface area contributed by atoms with Gasteiger partial charge in [0.05, 0.1) is 58.5 Å². The second kappa shape index (κ2) is 16.3. The van der Waals surface area contributed by atoms with Crippen molar-refractivity contribution in [2.45, 2.75) is 81.8 Å². The van der Waals surface area contributed by atoms with Crippen LogP contribution >= 0.6 is 0 Å². The molecule has 5 unspecified atom stereocenters. The Morgan fingerprint density at radius 1 is 0.833 bits per heavy atom. The number of aliphatic hydroxyl groups excluding tert-OH is 4. The minimum Gasteiger partial charge on any atom is -0.479 e. The molecule has 6 rings (SSSR count). The molecule has 1 aliphatic carbocycles. The van der Waals surface area contributed by atoms with E-state index in [1.54, 1.807) is 51.1 Å². The van der Waals surface area contributed by atoms with Crippen LogP contribution in [-0.2, 0) is 44.9 Å². The topological polar surface area (TPSA) is 265 Å². The number of aromatic nitrogens is 4. The lowest BCUT2D eigenvalue weighted by molar-refractivity contribution is -0.150. The van der Waals surface area contributed by atoms with Gasteiger partial charge in [0.25, 0.3) is 0 Å². The summed E-state index contributed by atoms with van der Waals surface area (Å²) in [6.07, 6.45) is 0.425. The van der Waals surface area contributed by atoms with Crippen LogP contribution in [0.5, 0.6) is 0 Å². The number of hydrogen-bond acceptors (Lipinski definition) is 12. The van der Waals surface area contributed by atoms with Crippen molar-refractivity contribution in [3.8, 4) is 0 Å². The number of carbonyl (C=O) groups excluding carboxylic acids is 2. The minimum atomic E-state index is -2.14. The van der Waals surface area contributed by atoms with Crippen LogP contribution in [0, 0.1) is 12.8 Å². The summed E-state index contributed by atoms with van der Waals surface area (Å²) in [6, 6.07) is 6.49. The van der Waals surface area contributed by atoms with Gasteiger partial charge in [-0.05, 0) is 99.9 Å². The number of nitrogens with zero attached hydrogens (tertiary/aromatic N) is 2. The number of methoxy groups -OCH3 is 2. The molecule has 0 amide bonds. The first-order chi connectivity index (χ1) is 28.4. The van der Waals surface area contributed by atoms with Crippen molar-refractivity contribution < 1.29 is 59.3 Å². The Balaban J connectivity index is 1.92. The standard InChI is InChI=1S/C44H50N4O12/c1-8-24-21(2)27-17-31-26-12-11-25(40(57)59-6)35(41(58)60-7)42(26,5)32(48-31)19-29-23(4)44(14-10-16-50,37(52)39(55)56)34(47-29)20-33-43(13-9-15-49,36(51)38(53)54)22(3)28(46-33)18-30(24)45-27/h8,11-12,17-20,35-37,45,47,49-52H,1,9-10,13-16H2,2-7H3,(H,53,54)(H,55,56)/t35-,36?,37?,42?,43?,44?/m0/s1. The average Bonchev–Trinajstić information content (AvgIpc) is 3.86. The summed E-state index contributed by atoms with van der Waals surface area (Å²) in [5.74, 6) is -5.97. The minimum absolute atomic E-state index is 0.00359. The van der Waals surface area contributed by atoms with E-state index < -0.39 is 58.2 Å². The van der Waals surface area contributed by atoms with Crippen LogP contribution in [0.1, 0.15) is 80.4 Å². The Labute approximate surface area is 344 Å². The molecule has 2 aromatic rings. The van der Waals surface area contributed by atoms with E-state index in [2.05, 4.69) is 16.5 Å². The number of aliphatic hydroxyl groups is 4. The van der Waals surface area contributed by atoms with E-state index in [-0.39, 0.29) is 72.3 Å². The number of carboxylic acid groups (broad SMARTS) is 2. The van der Waals surface area contributed by atoms with Crippen molar-refractivity contribution in [1.82, 2.24) is 19.9 Å². The number of hydrogen-bond donors (Lipinski definition) is 8. The third-order valence-corrected chi connectivity index (χ3v) is 12.9. The number of carbonyl (C=O) groups is 4. The highest BCUT2D eigenvalue weighted by Gasteiger charge is 2.55. The number of H-pyrrole nitrogens is 2. The number of fused-ring (bicyclic) bond motifs is 11. The lowest BCUT2D eigenvalue weighted by atomic mass is 9.64. The average molecular weight is 827 g/mol. The smallest absolute Gasteiger partial charge is 0.334 e. The Morgan fingerprint density at radius 2 is 1.47 bits per heavy atom. The lowest BCUT2D eigenvalue weighted by Gasteiger charge is -2.36. The third-order valence-electron chi connectivity index (χ3n) is 12.9. The largest absolute Gasteiger partial charge is 0.479 e. The van der Waals surface area contributed by atoms with E-state index in [0.29, 0.717) is 39.0 Å². The molecule has 6 atom stereocenters. The van der Waals surface area contributed by atoms with E-state index >= 15 is 0 Å². The number of carboxylic acids is 2. The molecule has 8 bridgehead atoms. The number of aliphatic carboxylic acids is 2. The van der Waals surface area contributed by atoms with Crippen molar-refractivity contribution >= 4 is 57.7 Å². The number of ether oxygens (including phenoxy) is 2. The number of rotatable bonds is 13. The van der Waals surface area contributed by atoms with E-state index in [1.165, 1.54) is 26.4 Å². The van der Waals surface area contributed by atoms with Gasteiger partial charge in [-0.2, -0.15) is 0 Å². The first kappa shape index (κ1) is 43.6. The predicted molar refractivity (Wildman–Crippen MR) is 219 cm³/mol. The molecular formula is C44H50N4O12. The van der Waals surface area contributed by atoms with Gasteiger partial charge in [0.2, 0.25) is 0 Å². The molecule has 3 aliphatic heterocycles. The molecule has 0 aromatic carbocycles. The molecule has 0 saturated heterocycles. The lowest BCUT2D eigenvalue weighted by Crippen LogP contribution is -2.46. The number of nitrogens with one attached hydrogen (secondary N) is 2. The van der Waals surface area contributed by atoms with Crippen LogP contribution in [0.25, 0.3) is 33.8 Å². The molecule has 0 radical (unpaired) electrons. The molecule has 0 saturated carbocycles. The molecule has 5 heterocycles. The van der Waals surface area contributed by atoms with Crippen LogP contribution in [-0.4, -0.2) is 114 Å². The first-order valence-electron chi connectivity index (χ1n) is 19.4. The second-order valence-corrected chi connectivity index (χ2v) is 15.7. The summed E-state index contributed by atoms with van der Waals surface area (Å²) in [4.78, 5) is 69.5. The monoisotopic (exact) mass is 826 g/mol. The Hall–Kier alpha value is -5.94. The second-order valence-electron chi connectivity index (χ2n) is 15.7. The summed E-state index contributed by atoms with van der Waals surface area (Å²) in [5, 5.41) is 64.9. The van der Waals surface area contributed by atoms with Gasteiger partial charge in [0, 0.05) is 40.9 Å². The number of aromatic amines is 2. The normalized spacial score (nSPS) is 23.7. The SMILES string of the molecule is C=Cc1c(C)c2cc3nc(cc4[nH]c(cc5nc(cc1[nH]2)=C(C)C5(CCCO)C(O)C(=O)O)C(CCCO)(C(O)C(=O)O)C=4C)C1(C)C3=CC=C(C(=O)OC)[C@H]1C(=O)OC. The summed E-state index contributed by atoms with van der Waals surface area (Å²) in [5.41, 5.74) is -0.531. The van der Waals surface area contributed by atoms with E-state index in [4.69, 9.17) is 19.4 Å². The van der Waals surface area contributed by atoms with Gasteiger partial charge in [-0.1, -0.05) is 24.8 Å². The quantitative estimate of drug-likeness (QED) is 0.134. The Kier molecular flexibility index (Phi) is 11.8. The summed E-state index contributed by atoms with van der Waals surface area (Å²) in [6.45, 7) is 10.1. The van der Waals surface area contributed by atoms with Crippen molar-refractivity contribution in [2.24, 2.45) is 5.92 Å². The molecule has 16 nitrogen and oxygen atoms in total. The summed E-state index contributed by atoms with van der Waals surface area (Å²) in [7, 11) is 2.39. The maximum Gasteiger partial charge on any atom is 0.334 e. The van der Waals surface area contributed by atoms with Gasteiger partial charge in [-0.3, -0.25) is 14.8 Å². The molecule has 0 spiro atoms. The molecular weight excluding hydrogens is 777 g/mol. The van der Waals surface area contributed by atoms with E-state index in [1.807, 2.05) is 6.92 Å². The number of allylic oxidation sites excluding steroid dienone is 3. The van der Waals surface area contributed by atoms with Crippen LogP contribution < -0.4 is 10.7 Å². The van der Waals surface area contributed by atoms with Gasteiger partial charge in [-0.15, -0.1) is 0 Å². The van der Waals surface area contributed by atoms with Gasteiger partial charge >= 0.3 is 23.9 Å². The number of esters is 2. The maximum atomic E-state index is 13.8. The third kappa shape index (κ3) is 6.45. The first-order valence-corrected chi connectivity index (χ1v) is 19.4. The zero-order valence-electron chi connectivity index (χ0n) is 34.3. The predicted octanol–water partition coefficient (Wildman–Crippen LogP) is 1.89. The molecule has 0 fully saturated rings. The van der Waals surface area contributed by atoms with Crippen molar-refractivity contribution in [2.75, 3.05) is 27.4 Å². The molecule has 8 N–H and O–H groups in total. The van der Waals surface area contributed by atoms with E-state index in [9.17, 15) is 49.8 Å². The molecule has 2 aromatic heterocycles. The fraction of sp³-hybridized carbons (Fsp3) is 0.409. The van der Waals surface area contributed by atoms with Crippen LogP contribution in [0.4, 0.5) is 0 Å². The van der Waals surface area contributed by atoms with Crippen LogP contribution in [0.15, 0.2) is 48.6 Å². The summed E-state index contributed by atoms with van der Waals surface area (Å²) >= 11 is 0. The molecule has 16 heteroatoms. The fourth-order valence-corrected chi connectivity index (χ4v) is 9.53. The Bertz CT molecular complexity index is 2580. The highest BCUT2D eigenvalue weighted by Crippen LogP contribution is 2.52. The van der Waals surface area contributed by atoms with Gasteiger partial charge in [-0.25, -0.2) is 14.4 Å². The zero-order chi connectivity index (χ0) is 44.1.